The first-order chi connectivity index (χ1) is 7.63. The van der Waals surface area contributed by atoms with Gasteiger partial charge in [0.15, 0.2) is 0 Å². The van der Waals surface area contributed by atoms with Crippen LogP contribution in [0.4, 0.5) is 0 Å². The Labute approximate surface area is 104 Å². The SMILES string of the molecule is C=C(CC)CON=C(C)c1ccc(Br)nc1. The highest BCUT2D eigenvalue weighted by Crippen LogP contribution is 2.07. The van der Waals surface area contributed by atoms with Gasteiger partial charge >= 0.3 is 0 Å². The zero-order valence-corrected chi connectivity index (χ0v) is 11.1. The van der Waals surface area contributed by atoms with Gasteiger partial charge in [0.2, 0.25) is 0 Å². The topological polar surface area (TPSA) is 34.5 Å². The normalized spacial score (nSPS) is 11.3. The summed E-state index contributed by atoms with van der Waals surface area (Å²) in [6.07, 6.45) is 2.66. The van der Waals surface area contributed by atoms with Gasteiger partial charge in [-0.25, -0.2) is 4.98 Å². The fraction of sp³-hybridized carbons (Fsp3) is 0.333. The number of halogens is 1. The van der Waals surface area contributed by atoms with E-state index in [1.54, 1.807) is 6.20 Å². The van der Waals surface area contributed by atoms with Crippen LogP contribution in [0.3, 0.4) is 0 Å². The van der Waals surface area contributed by atoms with E-state index in [0.29, 0.717) is 6.61 Å². The molecule has 0 spiro atoms. The molecule has 0 fully saturated rings. The van der Waals surface area contributed by atoms with Crippen LogP contribution in [0.25, 0.3) is 0 Å². The van der Waals surface area contributed by atoms with E-state index in [2.05, 4.69) is 32.6 Å². The van der Waals surface area contributed by atoms with Gasteiger partial charge in [0.05, 0.1) is 5.71 Å². The molecule has 1 heterocycles. The third-order valence-electron chi connectivity index (χ3n) is 2.12. The quantitative estimate of drug-likeness (QED) is 0.358. The monoisotopic (exact) mass is 282 g/mol. The molecule has 0 saturated heterocycles. The molecule has 1 aromatic heterocycles. The Morgan fingerprint density at radius 2 is 2.31 bits per heavy atom. The van der Waals surface area contributed by atoms with E-state index in [1.165, 1.54) is 0 Å². The third kappa shape index (κ3) is 4.14. The van der Waals surface area contributed by atoms with Crippen LogP contribution in [-0.2, 0) is 4.84 Å². The number of hydrogen-bond donors (Lipinski definition) is 0. The summed E-state index contributed by atoms with van der Waals surface area (Å²) >= 11 is 3.28. The van der Waals surface area contributed by atoms with Crippen molar-refractivity contribution in [3.05, 3.63) is 40.6 Å². The maximum atomic E-state index is 5.18. The van der Waals surface area contributed by atoms with Crippen LogP contribution in [0, 0.1) is 0 Å². The fourth-order valence-corrected chi connectivity index (χ4v) is 1.20. The standard InChI is InChI=1S/C12H15BrN2O/c1-4-9(2)8-16-15-10(3)11-5-6-12(13)14-7-11/h5-7H,2,4,8H2,1,3H3. The summed E-state index contributed by atoms with van der Waals surface area (Å²) in [7, 11) is 0. The number of rotatable bonds is 5. The number of hydrogen-bond acceptors (Lipinski definition) is 3. The van der Waals surface area contributed by atoms with Crippen molar-refractivity contribution >= 4 is 21.6 Å². The van der Waals surface area contributed by atoms with Crippen molar-refractivity contribution in [2.45, 2.75) is 20.3 Å². The number of pyridine rings is 1. The van der Waals surface area contributed by atoms with Gasteiger partial charge in [0, 0.05) is 11.8 Å². The van der Waals surface area contributed by atoms with Gasteiger partial charge in [0.25, 0.3) is 0 Å². The van der Waals surface area contributed by atoms with Crippen molar-refractivity contribution in [1.29, 1.82) is 0 Å². The Hall–Kier alpha value is -1.16. The predicted octanol–water partition coefficient (Wildman–Crippen LogP) is 3.55. The van der Waals surface area contributed by atoms with E-state index in [-0.39, 0.29) is 0 Å². The minimum atomic E-state index is 0.470. The lowest BCUT2D eigenvalue weighted by atomic mass is 10.2. The van der Waals surface area contributed by atoms with Gasteiger partial charge in [-0.15, -0.1) is 0 Å². The minimum Gasteiger partial charge on any atom is -0.391 e. The maximum absolute atomic E-state index is 5.18. The first-order valence-corrected chi connectivity index (χ1v) is 5.88. The van der Waals surface area contributed by atoms with Gasteiger partial charge in [0.1, 0.15) is 11.2 Å². The highest BCUT2D eigenvalue weighted by molar-refractivity contribution is 9.10. The van der Waals surface area contributed by atoms with E-state index in [9.17, 15) is 0 Å². The molecule has 1 aromatic rings. The summed E-state index contributed by atoms with van der Waals surface area (Å²) in [4.78, 5) is 9.30. The second kappa shape index (κ2) is 6.43. The van der Waals surface area contributed by atoms with Gasteiger partial charge in [-0.1, -0.05) is 18.7 Å². The van der Waals surface area contributed by atoms with E-state index < -0.39 is 0 Å². The average molecular weight is 283 g/mol. The molecule has 1 rings (SSSR count). The van der Waals surface area contributed by atoms with Crippen LogP contribution in [0.15, 0.2) is 40.2 Å². The summed E-state index contributed by atoms with van der Waals surface area (Å²) in [6, 6.07) is 3.81. The summed E-state index contributed by atoms with van der Waals surface area (Å²) in [5.74, 6) is 0. The van der Waals surface area contributed by atoms with Crippen molar-refractivity contribution < 1.29 is 4.84 Å². The highest BCUT2D eigenvalue weighted by Gasteiger charge is 1.98. The lowest BCUT2D eigenvalue weighted by Crippen LogP contribution is -1.99. The molecular weight excluding hydrogens is 268 g/mol. The minimum absolute atomic E-state index is 0.470. The van der Waals surface area contributed by atoms with E-state index in [4.69, 9.17) is 4.84 Å². The molecule has 0 unspecified atom stereocenters. The molecule has 86 valence electrons. The fourth-order valence-electron chi connectivity index (χ4n) is 0.965. The zero-order valence-electron chi connectivity index (χ0n) is 9.53. The van der Waals surface area contributed by atoms with Crippen molar-refractivity contribution in [2.75, 3.05) is 6.61 Å². The third-order valence-corrected chi connectivity index (χ3v) is 2.58. The van der Waals surface area contributed by atoms with Gasteiger partial charge in [-0.05, 0) is 47.0 Å². The van der Waals surface area contributed by atoms with Crippen molar-refractivity contribution in [3.63, 3.8) is 0 Å². The zero-order chi connectivity index (χ0) is 12.0. The molecule has 3 nitrogen and oxygen atoms in total. The molecule has 16 heavy (non-hydrogen) atoms. The lowest BCUT2D eigenvalue weighted by Gasteiger charge is -2.03. The molecule has 0 atom stereocenters. The van der Waals surface area contributed by atoms with E-state index >= 15 is 0 Å². The van der Waals surface area contributed by atoms with Crippen molar-refractivity contribution in [3.8, 4) is 0 Å². The molecule has 0 bridgehead atoms. The van der Waals surface area contributed by atoms with Crippen LogP contribution >= 0.6 is 15.9 Å². The van der Waals surface area contributed by atoms with Crippen molar-refractivity contribution in [2.24, 2.45) is 5.16 Å². The van der Waals surface area contributed by atoms with Crippen LogP contribution < -0.4 is 0 Å². The molecule has 0 N–H and O–H groups in total. The number of oxime groups is 1. The van der Waals surface area contributed by atoms with Crippen molar-refractivity contribution in [1.82, 2.24) is 4.98 Å². The second-order valence-electron chi connectivity index (χ2n) is 3.42. The largest absolute Gasteiger partial charge is 0.391 e. The Morgan fingerprint density at radius 3 is 2.88 bits per heavy atom. The van der Waals surface area contributed by atoms with Gasteiger partial charge < -0.3 is 4.84 Å². The van der Waals surface area contributed by atoms with Gasteiger partial charge in [-0.2, -0.15) is 0 Å². The first kappa shape index (κ1) is 12.9. The predicted molar refractivity (Wildman–Crippen MR) is 69.5 cm³/mol. The molecule has 0 saturated carbocycles. The molecule has 0 aromatic carbocycles. The molecule has 4 heteroatoms. The Morgan fingerprint density at radius 1 is 1.56 bits per heavy atom. The van der Waals surface area contributed by atoms with Crippen LogP contribution in [0.5, 0.6) is 0 Å². The number of aromatic nitrogens is 1. The summed E-state index contributed by atoms with van der Waals surface area (Å²) in [5, 5.41) is 4.01. The molecule has 0 aliphatic heterocycles. The molecule has 0 radical (unpaired) electrons. The summed E-state index contributed by atoms with van der Waals surface area (Å²) in [5.41, 5.74) is 2.79. The second-order valence-corrected chi connectivity index (χ2v) is 4.24. The Balaban J connectivity index is 2.56. The number of nitrogens with zero attached hydrogens (tertiary/aromatic N) is 2. The molecule has 0 aliphatic rings. The maximum Gasteiger partial charge on any atom is 0.138 e. The summed E-state index contributed by atoms with van der Waals surface area (Å²) in [6.45, 7) is 8.24. The Bertz CT molecular complexity index is 385. The van der Waals surface area contributed by atoms with E-state index in [1.807, 2.05) is 26.0 Å². The van der Waals surface area contributed by atoms with Crippen LogP contribution in [-0.4, -0.2) is 17.3 Å². The molecule has 0 amide bonds. The van der Waals surface area contributed by atoms with Crippen LogP contribution in [0.2, 0.25) is 0 Å². The van der Waals surface area contributed by atoms with E-state index in [0.717, 1.165) is 27.9 Å². The Kier molecular flexibility index (Phi) is 5.19. The van der Waals surface area contributed by atoms with Crippen LogP contribution in [0.1, 0.15) is 25.8 Å². The smallest absolute Gasteiger partial charge is 0.138 e. The lowest BCUT2D eigenvalue weighted by molar-refractivity contribution is 0.166. The molecular formula is C12H15BrN2O. The van der Waals surface area contributed by atoms with Gasteiger partial charge in [-0.3, -0.25) is 0 Å². The average Bonchev–Trinajstić information content (AvgIpc) is 2.29. The highest BCUT2D eigenvalue weighted by atomic mass is 79.9. The molecule has 0 aliphatic carbocycles. The first-order valence-electron chi connectivity index (χ1n) is 5.08. The summed E-state index contributed by atoms with van der Waals surface area (Å²) < 4.78 is 0.810.